The summed E-state index contributed by atoms with van der Waals surface area (Å²) in [4.78, 5) is 11.8. The van der Waals surface area contributed by atoms with Crippen LogP contribution in [0, 0.1) is 19.7 Å². The molecule has 2 N–H and O–H groups in total. The minimum absolute atomic E-state index is 0.200. The highest BCUT2D eigenvalue weighted by atomic mass is 32.1. The van der Waals surface area contributed by atoms with Gasteiger partial charge in [-0.05, 0) is 48.9 Å². The summed E-state index contributed by atoms with van der Waals surface area (Å²) in [5.41, 5.74) is 4.83. The summed E-state index contributed by atoms with van der Waals surface area (Å²) < 4.78 is 15.1. The number of rotatable bonds is 4. The van der Waals surface area contributed by atoms with Gasteiger partial charge in [0.05, 0.1) is 15.7 Å². The largest absolute Gasteiger partial charge is 0.368 e. The second-order valence-electron chi connectivity index (χ2n) is 5.88. The van der Waals surface area contributed by atoms with Gasteiger partial charge in [0, 0.05) is 17.6 Å². The molecule has 4 nitrogen and oxygen atoms in total. The average molecular weight is 340 g/mol. The van der Waals surface area contributed by atoms with E-state index in [1.54, 1.807) is 17.7 Å². The summed E-state index contributed by atoms with van der Waals surface area (Å²) >= 11 is 1.63. The first-order valence-corrected chi connectivity index (χ1v) is 8.71. The van der Waals surface area contributed by atoms with Crippen LogP contribution in [0.1, 0.15) is 16.8 Å². The zero-order chi connectivity index (χ0) is 16.7. The number of thiophene rings is 1. The number of benzene rings is 1. The summed E-state index contributed by atoms with van der Waals surface area (Å²) in [7, 11) is 0. The van der Waals surface area contributed by atoms with Crippen LogP contribution in [0.5, 0.6) is 0 Å². The molecule has 0 aliphatic carbocycles. The SMILES string of the molecule is Cc1[nH]c2c(F)ccc(C)c2c1CCNc1ncnc2ccsc12. The Morgan fingerprint density at radius 2 is 2.08 bits per heavy atom. The zero-order valence-electron chi connectivity index (χ0n) is 13.5. The van der Waals surface area contributed by atoms with E-state index in [9.17, 15) is 4.39 Å². The van der Waals surface area contributed by atoms with Crippen molar-refractivity contribution in [3.8, 4) is 0 Å². The van der Waals surface area contributed by atoms with Crippen molar-refractivity contribution in [1.82, 2.24) is 15.0 Å². The normalized spacial score (nSPS) is 11.5. The monoisotopic (exact) mass is 340 g/mol. The third kappa shape index (κ3) is 2.43. The molecule has 3 heterocycles. The molecule has 0 amide bonds. The number of nitrogens with one attached hydrogen (secondary N) is 2. The Balaban J connectivity index is 1.60. The summed E-state index contributed by atoms with van der Waals surface area (Å²) in [6.45, 7) is 4.75. The zero-order valence-corrected chi connectivity index (χ0v) is 14.3. The lowest BCUT2D eigenvalue weighted by atomic mass is 10.0. The number of hydrogen-bond donors (Lipinski definition) is 2. The summed E-state index contributed by atoms with van der Waals surface area (Å²) in [5.74, 6) is 0.657. The van der Waals surface area contributed by atoms with Crippen LogP contribution in [0.3, 0.4) is 0 Å². The van der Waals surface area contributed by atoms with Crippen LogP contribution in [0.2, 0.25) is 0 Å². The highest BCUT2D eigenvalue weighted by molar-refractivity contribution is 7.17. The third-order valence-electron chi connectivity index (χ3n) is 4.34. The molecule has 1 aromatic carbocycles. The lowest BCUT2D eigenvalue weighted by Gasteiger charge is -2.07. The first kappa shape index (κ1) is 15.1. The van der Waals surface area contributed by atoms with Gasteiger partial charge in [0.1, 0.15) is 18.0 Å². The van der Waals surface area contributed by atoms with E-state index >= 15 is 0 Å². The fourth-order valence-electron chi connectivity index (χ4n) is 3.18. The van der Waals surface area contributed by atoms with Gasteiger partial charge in [0.25, 0.3) is 0 Å². The van der Waals surface area contributed by atoms with E-state index in [-0.39, 0.29) is 5.82 Å². The average Bonchev–Trinajstić information content (AvgIpc) is 3.17. The molecule has 0 saturated carbocycles. The van der Waals surface area contributed by atoms with Gasteiger partial charge in [-0.2, -0.15) is 0 Å². The van der Waals surface area contributed by atoms with Gasteiger partial charge >= 0.3 is 0 Å². The Morgan fingerprint density at radius 1 is 1.21 bits per heavy atom. The first-order chi connectivity index (χ1) is 11.6. The molecule has 122 valence electrons. The van der Waals surface area contributed by atoms with E-state index in [0.29, 0.717) is 5.52 Å². The van der Waals surface area contributed by atoms with Gasteiger partial charge in [-0.15, -0.1) is 11.3 Å². The molecule has 0 bridgehead atoms. The van der Waals surface area contributed by atoms with E-state index in [4.69, 9.17) is 0 Å². The highest BCUT2D eigenvalue weighted by Gasteiger charge is 2.14. The number of fused-ring (bicyclic) bond motifs is 2. The smallest absolute Gasteiger partial charge is 0.147 e. The molecular formula is C18H17FN4S. The molecule has 0 aliphatic heterocycles. The van der Waals surface area contributed by atoms with Crippen LogP contribution in [0.25, 0.3) is 21.1 Å². The molecule has 0 saturated heterocycles. The van der Waals surface area contributed by atoms with Crippen LogP contribution in [0.4, 0.5) is 10.2 Å². The van der Waals surface area contributed by atoms with Crippen LogP contribution in [-0.4, -0.2) is 21.5 Å². The molecule has 0 unspecified atom stereocenters. The lowest BCUT2D eigenvalue weighted by molar-refractivity contribution is 0.637. The van der Waals surface area contributed by atoms with Crippen molar-refractivity contribution < 1.29 is 4.39 Å². The maximum atomic E-state index is 14.0. The fraction of sp³-hybridized carbons (Fsp3) is 0.222. The van der Waals surface area contributed by atoms with Gasteiger partial charge < -0.3 is 10.3 Å². The van der Waals surface area contributed by atoms with Crippen molar-refractivity contribution in [3.63, 3.8) is 0 Å². The van der Waals surface area contributed by atoms with E-state index in [1.165, 1.54) is 6.07 Å². The van der Waals surface area contributed by atoms with Crippen LogP contribution in [-0.2, 0) is 6.42 Å². The second-order valence-corrected chi connectivity index (χ2v) is 6.79. The van der Waals surface area contributed by atoms with Gasteiger partial charge in [-0.3, -0.25) is 0 Å². The van der Waals surface area contributed by atoms with Crippen molar-refractivity contribution in [2.24, 2.45) is 0 Å². The molecule has 6 heteroatoms. The van der Waals surface area contributed by atoms with Crippen LogP contribution in [0.15, 0.2) is 29.9 Å². The predicted octanol–water partition coefficient (Wildman–Crippen LogP) is 4.58. The minimum Gasteiger partial charge on any atom is -0.368 e. The molecule has 24 heavy (non-hydrogen) atoms. The second kappa shape index (κ2) is 5.87. The highest BCUT2D eigenvalue weighted by Crippen LogP contribution is 2.29. The molecule has 0 aliphatic rings. The summed E-state index contributed by atoms with van der Waals surface area (Å²) in [5, 5.41) is 6.40. The number of anilines is 1. The fourth-order valence-corrected chi connectivity index (χ4v) is 3.99. The molecule has 4 rings (SSSR count). The molecule has 0 fully saturated rings. The van der Waals surface area contributed by atoms with Crippen LogP contribution >= 0.6 is 11.3 Å². The molecule has 4 aromatic rings. The number of nitrogens with zero attached hydrogens (tertiary/aromatic N) is 2. The number of hydrogen-bond acceptors (Lipinski definition) is 4. The van der Waals surface area contributed by atoms with E-state index in [1.807, 2.05) is 31.4 Å². The number of aromatic amines is 1. The van der Waals surface area contributed by atoms with Gasteiger partial charge in [0.2, 0.25) is 0 Å². The quantitative estimate of drug-likeness (QED) is 0.571. The standard InChI is InChI=1S/C18H17FN4S/c1-10-3-4-13(19)16-15(10)12(11(2)23-16)5-7-20-18-17-14(6-8-24-17)21-9-22-18/h3-4,6,8-9,23H,5,7H2,1-2H3,(H,20,21,22). The van der Waals surface area contributed by atoms with Crippen molar-refractivity contribution in [3.05, 3.63) is 52.5 Å². The Morgan fingerprint density at radius 3 is 2.96 bits per heavy atom. The van der Waals surface area contributed by atoms with Crippen molar-refractivity contribution >= 4 is 38.3 Å². The topological polar surface area (TPSA) is 53.6 Å². The molecule has 3 aromatic heterocycles. The van der Waals surface area contributed by atoms with Gasteiger partial charge in [0.15, 0.2) is 0 Å². The third-order valence-corrected chi connectivity index (χ3v) is 5.25. The molecule has 0 radical (unpaired) electrons. The van der Waals surface area contributed by atoms with Crippen molar-refractivity contribution in [1.29, 1.82) is 0 Å². The van der Waals surface area contributed by atoms with Crippen molar-refractivity contribution in [2.75, 3.05) is 11.9 Å². The Bertz CT molecular complexity index is 1030. The van der Waals surface area contributed by atoms with E-state index in [2.05, 4.69) is 20.3 Å². The number of aryl methyl sites for hydroxylation is 2. The van der Waals surface area contributed by atoms with Gasteiger partial charge in [-0.25, -0.2) is 14.4 Å². The first-order valence-electron chi connectivity index (χ1n) is 7.83. The Hall–Kier alpha value is -2.47. The Labute approximate surface area is 142 Å². The van der Waals surface area contributed by atoms with Crippen molar-refractivity contribution in [2.45, 2.75) is 20.3 Å². The Kier molecular flexibility index (Phi) is 3.69. The molecular weight excluding hydrogens is 323 g/mol. The van der Waals surface area contributed by atoms with Gasteiger partial charge in [-0.1, -0.05) is 6.07 Å². The predicted molar refractivity (Wildman–Crippen MR) is 97.3 cm³/mol. The number of halogens is 1. The minimum atomic E-state index is -0.200. The summed E-state index contributed by atoms with van der Waals surface area (Å²) in [6.07, 6.45) is 2.38. The lowest BCUT2D eigenvalue weighted by Crippen LogP contribution is -2.07. The molecule has 0 spiro atoms. The summed E-state index contributed by atoms with van der Waals surface area (Å²) in [6, 6.07) is 5.34. The number of aromatic nitrogens is 3. The maximum absolute atomic E-state index is 14.0. The van der Waals surface area contributed by atoms with E-state index < -0.39 is 0 Å². The maximum Gasteiger partial charge on any atom is 0.147 e. The number of H-pyrrole nitrogens is 1. The molecule has 0 atom stereocenters. The van der Waals surface area contributed by atoms with E-state index in [0.717, 1.165) is 51.2 Å². The van der Waals surface area contributed by atoms with Crippen LogP contribution < -0.4 is 5.32 Å².